The Kier molecular flexibility index (Phi) is 5.28. The SMILES string of the molecule is CC(C)(C)c1ccc(NC(=O)NCc2ccccc2CO)nn1. The van der Waals surface area contributed by atoms with Gasteiger partial charge in [0.15, 0.2) is 5.82 Å². The molecule has 0 bridgehead atoms. The Bertz CT molecular complexity index is 663. The number of hydrogen-bond donors (Lipinski definition) is 3. The van der Waals surface area contributed by atoms with Crippen molar-refractivity contribution in [3.8, 4) is 0 Å². The highest BCUT2D eigenvalue weighted by Crippen LogP contribution is 2.19. The summed E-state index contributed by atoms with van der Waals surface area (Å²) in [7, 11) is 0. The van der Waals surface area contributed by atoms with Crippen LogP contribution in [0.5, 0.6) is 0 Å². The van der Waals surface area contributed by atoms with Gasteiger partial charge in [0.25, 0.3) is 0 Å². The molecule has 1 aromatic heterocycles. The maximum absolute atomic E-state index is 11.9. The fraction of sp³-hybridized carbons (Fsp3) is 0.353. The number of nitrogens with one attached hydrogen (secondary N) is 2. The number of aliphatic hydroxyl groups excluding tert-OH is 1. The number of rotatable bonds is 4. The topological polar surface area (TPSA) is 87.1 Å². The maximum Gasteiger partial charge on any atom is 0.320 e. The van der Waals surface area contributed by atoms with Gasteiger partial charge in [-0.1, -0.05) is 45.0 Å². The Morgan fingerprint density at radius 3 is 2.35 bits per heavy atom. The van der Waals surface area contributed by atoms with E-state index in [0.29, 0.717) is 12.4 Å². The first kappa shape index (κ1) is 16.9. The van der Waals surface area contributed by atoms with Crippen molar-refractivity contribution in [3.63, 3.8) is 0 Å². The molecule has 0 aliphatic carbocycles. The maximum atomic E-state index is 11.9. The summed E-state index contributed by atoms with van der Waals surface area (Å²) in [6, 6.07) is 10.6. The van der Waals surface area contributed by atoms with Crippen molar-refractivity contribution >= 4 is 11.8 Å². The van der Waals surface area contributed by atoms with Crippen LogP contribution in [0.25, 0.3) is 0 Å². The standard InChI is InChI=1S/C17H22N4O2/c1-17(2,3)14-8-9-15(21-20-14)19-16(23)18-10-12-6-4-5-7-13(12)11-22/h4-9,22H,10-11H2,1-3H3,(H2,18,19,21,23). The van der Waals surface area contributed by atoms with Crippen molar-refractivity contribution in [3.05, 3.63) is 53.2 Å². The molecule has 6 nitrogen and oxygen atoms in total. The van der Waals surface area contributed by atoms with Gasteiger partial charge in [-0.25, -0.2) is 4.79 Å². The number of hydrogen-bond acceptors (Lipinski definition) is 4. The summed E-state index contributed by atoms with van der Waals surface area (Å²) in [5, 5.41) is 22.8. The molecule has 2 aromatic rings. The van der Waals surface area contributed by atoms with Gasteiger partial charge in [0.1, 0.15) is 0 Å². The molecule has 2 rings (SSSR count). The molecule has 122 valence electrons. The Morgan fingerprint density at radius 1 is 1.09 bits per heavy atom. The molecular weight excluding hydrogens is 292 g/mol. The molecule has 1 heterocycles. The van der Waals surface area contributed by atoms with E-state index in [-0.39, 0.29) is 18.1 Å². The van der Waals surface area contributed by atoms with Crippen LogP contribution >= 0.6 is 0 Å². The van der Waals surface area contributed by atoms with Crippen molar-refractivity contribution in [2.24, 2.45) is 0 Å². The first-order valence-electron chi connectivity index (χ1n) is 7.47. The molecule has 0 spiro atoms. The molecule has 0 saturated heterocycles. The van der Waals surface area contributed by atoms with Crippen LogP contribution in [0, 0.1) is 0 Å². The van der Waals surface area contributed by atoms with Gasteiger partial charge < -0.3 is 10.4 Å². The quantitative estimate of drug-likeness (QED) is 0.809. The molecule has 2 amide bonds. The lowest BCUT2D eigenvalue weighted by atomic mass is 9.92. The lowest BCUT2D eigenvalue weighted by Gasteiger charge is -2.16. The largest absolute Gasteiger partial charge is 0.392 e. The molecule has 23 heavy (non-hydrogen) atoms. The van der Waals surface area contributed by atoms with Crippen LogP contribution < -0.4 is 10.6 Å². The zero-order chi connectivity index (χ0) is 16.9. The summed E-state index contributed by atoms with van der Waals surface area (Å²) in [4.78, 5) is 11.9. The fourth-order valence-electron chi connectivity index (χ4n) is 2.02. The van der Waals surface area contributed by atoms with Crippen molar-refractivity contribution in [1.82, 2.24) is 15.5 Å². The first-order chi connectivity index (χ1) is 10.9. The van der Waals surface area contributed by atoms with Crippen LogP contribution in [0.1, 0.15) is 37.6 Å². The van der Waals surface area contributed by atoms with E-state index in [9.17, 15) is 9.90 Å². The van der Waals surface area contributed by atoms with Gasteiger partial charge in [-0.05, 0) is 23.3 Å². The van der Waals surface area contributed by atoms with Crippen LogP contribution in [0.4, 0.5) is 10.6 Å². The second-order valence-corrected chi connectivity index (χ2v) is 6.29. The number of nitrogens with zero attached hydrogens (tertiary/aromatic N) is 2. The number of benzene rings is 1. The average molecular weight is 314 g/mol. The van der Waals surface area contributed by atoms with Gasteiger partial charge in [0.05, 0.1) is 12.3 Å². The fourth-order valence-corrected chi connectivity index (χ4v) is 2.02. The molecule has 6 heteroatoms. The third kappa shape index (κ3) is 4.75. The molecule has 3 N–H and O–H groups in total. The van der Waals surface area contributed by atoms with E-state index in [1.54, 1.807) is 6.07 Å². The third-order valence-corrected chi connectivity index (χ3v) is 3.40. The number of carbonyl (C=O) groups excluding carboxylic acids is 1. The number of urea groups is 1. The van der Waals surface area contributed by atoms with Crippen LogP contribution in [0.15, 0.2) is 36.4 Å². The number of carbonyl (C=O) groups is 1. The van der Waals surface area contributed by atoms with E-state index in [4.69, 9.17) is 0 Å². The molecule has 0 atom stereocenters. The molecule has 0 fully saturated rings. The molecule has 1 aromatic carbocycles. The Labute approximate surface area is 136 Å². The number of amides is 2. The minimum Gasteiger partial charge on any atom is -0.392 e. The van der Waals surface area contributed by atoms with Crippen molar-refractivity contribution in [2.45, 2.75) is 39.3 Å². The Balaban J connectivity index is 1.92. The second kappa shape index (κ2) is 7.19. The summed E-state index contributed by atoms with van der Waals surface area (Å²) in [5.41, 5.74) is 2.45. The van der Waals surface area contributed by atoms with Crippen LogP contribution in [-0.2, 0) is 18.6 Å². The molecule has 0 aliphatic heterocycles. The summed E-state index contributed by atoms with van der Waals surface area (Å²) in [6.07, 6.45) is 0. The summed E-state index contributed by atoms with van der Waals surface area (Å²) in [5.74, 6) is 0.394. The zero-order valence-electron chi connectivity index (χ0n) is 13.6. The summed E-state index contributed by atoms with van der Waals surface area (Å²) < 4.78 is 0. The number of aliphatic hydroxyl groups is 1. The Hall–Kier alpha value is -2.47. The third-order valence-electron chi connectivity index (χ3n) is 3.40. The lowest BCUT2D eigenvalue weighted by molar-refractivity contribution is 0.251. The molecular formula is C17H22N4O2. The Morgan fingerprint density at radius 2 is 1.78 bits per heavy atom. The lowest BCUT2D eigenvalue weighted by Crippen LogP contribution is -2.29. The molecule has 0 unspecified atom stereocenters. The summed E-state index contributed by atoms with van der Waals surface area (Å²) >= 11 is 0. The van der Waals surface area contributed by atoms with E-state index in [1.807, 2.05) is 30.3 Å². The number of aromatic nitrogens is 2. The number of anilines is 1. The van der Waals surface area contributed by atoms with Gasteiger partial charge in [0.2, 0.25) is 0 Å². The van der Waals surface area contributed by atoms with Crippen molar-refractivity contribution in [1.29, 1.82) is 0 Å². The van der Waals surface area contributed by atoms with E-state index in [1.165, 1.54) is 0 Å². The van der Waals surface area contributed by atoms with E-state index >= 15 is 0 Å². The zero-order valence-corrected chi connectivity index (χ0v) is 13.6. The van der Waals surface area contributed by atoms with E-state index in [0.717, 1.165) is 16.8 Å². The second-order valence-electron chi connectivity index (χ2n) is 6.29. The molecule has 0 saturated carbocycles. The van der Waals surface area contributed by atoms with Crippen LogP contribution in [0.2, 0.25) is 0 Å². The van der Waals surface area contributed by atoms with E-state index in [2.05, 4.69) is 41.6 Å². The predicted molar refractivity (Wildman–Crippen MR) is 89.0 cm³/mol. The van der Waals surface area contributed by atoms with Crippen LogP contribution in [0.3, 0.4) is 0 Å². The molecule has 0 aliphatic rings. The van der Waals surface area contributed by atoms with Gasteiger partial charge in [-0.3, -0.25) is 5.32 Å². The smallest absolute Gasteiger partial charge is 0.320 e. The van der Waals surface area contributed by atoms with Gasteiger partial charge in [0, 0.05) is 12.0 Å². The minimum atomic E-state index is -0.365. The van der Waals surface area contributed by atoms with Crippen molar-refractivity contribution in [2.75, 3.05) is 5.32 Å². The normalized spacial score (nSPS) is 11.1. The van der Waals surface area contributed by atoms with Crippen molar-refractivity contribution < 1.29 is 9.90 Å². The molecule has 0 radical (unpaired) electrons. The average Bonchev–Trinajstić information content (AvgIpc) is 2.53. The summed E-state index contributed by atoms with van der Waals surface area (Å²) in [6.45, 7) is 6.43. The highest BCUT2D eigenvalue weighted by molar-refractivity contribution is 5.88. The minimum absolute atomic E-state index is 0.0563. The first-order valence-corrected chi connectivity index (χ1v) is 7.47. The predicted octanol–water partition coefficient (Wildman–Crippen LogP) is 2.59. The van der Waals surface area contributed by atoms with Gasteiger partial charge >= 0.3 is 6.03 Å². The highest BCUT2D eigenvalue weighted by atomic mass is 16.3. The van der Waals surface area contributed by atoms with Gasteiger partial charge in [-0.15, -0.1) is 5.10 Å². The van der Waals surface area contributed by atoms with E-state index < -0.39 is 0 Å². The van der Waals surface area contributed by atoms with Crippen LogP contribution in [-0.4, -0.2) is 21.3 Å². The van der Waals surface area contributed by atoms with Gasteiger partial charge in [-0.2, -0.15) is 5.10 Å². The highest BCUT2D eigenvalue weighted by Gasteiger charge is 2.16. The monoisotopic (exact) mass is 314 g/mol.